The largest absolute Gasteiger partial charge is 0.0619 e. The maximum atomic E-state index is 2.47. The molecule has 2 aliphatic carbocycles. The topological polar surface area (TPSA) is 0 Å². The van der Waals surface area contributed by atoms with Gasteiger partial charge in [0.25, 0.3) is 0 Å². The molecule has 0 bridgehead atoms. The molecule has 0 heteroatoms. The Bertz CT molecular complexity index is 2110. The van der Waals surface area contributed by atoms with Crippen molar-refractivity contribution in [2.75, 3.05) is 0 Å². The van der Waals surface area contributed by atoms with Crippen LogP contribution in [0.2, 0.25) is 0 Å². The third kappa shape index (κ3) is 3.36. The average molecular weight is 543 g/mol. The number of hydrogen-bond donors (Lipinski definition) is 0. The Kier molecular flexibility index (Phi) is 5.00. The van der Waals surface area contributed by atoms with E-state index in [-0.39, 0.29) is 16.2 Å². The van der Waals surface area contributed by atoms with Crippen molar-refractivity contribution in [3.8, 4) is 33.4 Å². The molecule has 0 radical (unpaired) electrons. The van der Waals surface area contributed by atoms with E-state index in [4.69, 9.17) is 0 Å². The second-order valence-corrected chi connectivity index (χ2v) is 14.7. The summed E-state index contributed by atoms with van der Waals surface area (Å²) in [5.41, 5.74) is 15.3. The van der Waals surface area contributed by atoms with Crippen molar-refractivity contribution in [2.45, 2.75) is 64.7 Å². The highest BCUT2D eigenvalue weighted by Gasteiger charge is 2.38. The normalized spacial score (nSPS) is 15.9. The van der Waals surface area contributed by atoms with E-state index in [1.165, 1.54) is 82.7 Å². The van der Waals surface area contributed by atoms with Crippen LogP contribution in [-0.4, -0.2) is 0 Å². The Morgan fingerprint density at radius 1 is 0.452 bits per heavy atom. The van der Waals surface area contributed by atoms with Crippen LogP contribution < -0.4 is 0 Å². The first-order chi connectivity index (χ1) is 20.0. The van der Waals surface area contributed by atoms with E-state index in [0.717, 1.165) is 0 Å². The first-order valence-corrected chi connectivity index (χ1v) is 15.4. The summed E-state index contributed by atoms with van der Waals surface area (Å²) in [5.74, 6) is 0. The van der Waals surface area contributed by atoms with Crippen LogP contribution in [0.25, 0.3) is 54.9 Å². The van der Waals surface area contributed by atoms with E-state index in [2.05, 4.69) is 152 Å². The van der Waals surface area contributed by atoms with Gasteiger partial charge in [0.05, 0.1) is 0 Å². The molecule has 0 fully saturated rings. The van der Waals surface area contributed by atoms with Crippen molar-refractivity contribution in [2.24, 2.45) is 0 Å². The zero-order valence-corrected chi connectivity index (χ0v) is 25.8. The van der Waals surface area contributed by atoms with Gasteiger partial charge < -0.3 is 0 Å². The summed E-state index contributed by atoms with van der Waals surface area (Å²) in [4.78, 5) is 0. The minimum absolute atomic E-state index is 0.00348. The lowest BCUT2D eigenvalue weighted by Crippen LogP contribution is -2.16. The molecular weight excluding hydrogens is 504 g/mol. The summed E-state index contributed by atoms with van der Waals surface area (Å²) < 4.78 is 0. The van der Waals surface area contributed by atoms with Crippen LogP contribution in [0.15, 0.2) is 103 Å². The average Bonchev–Trinajstić information content (AvgIpc) is 3.35. The van der Waals surface area contributed by atoms with Crippen LogP contribution >= 0.6 is 0 Å². The molecule has 0 nitrogen and oxygen atoms in total. The van der Waals surface area contributed by atoms with Crippen molar-refractivity contribution in [1.82, 2.24) is 0 Å². The van der Waals surface area contributed by atoms with Crippen molar-refractivity contribution >= 4 is 21.5 Å². The molecule has 0 saturated heterocycles. The standard InChI is InChI=1S/C42H38/c1-40(2,3)28-15-19-29-27(22-28)14-18-34-30(29)20-21-35-33-17-13-26(24-38(33)42(6,7)39(34)35)25-12-16-32-31-10-8-9-11-36(31)41(4,5)37(32)23-25/h8-24H,1-7H3. The molecule has 6 aromatic rings. The van der Waals surface area contributed by atoms with Gasteiger partial charge in [-0.3, -0.25) is 0 Å². The Labute approximate surface area is 250 Å². The Balaban J connectivity index is 1.25. The minimum Gasteiger partial charge on any atom is -0.0619 e. The van der Waals surface area contributed by atoms with Crippen LogP contribution in [-0.2, 0) is 16.2 Å². The van der Waals surface area contributed by atoms with E-state index >= 15 is 0 Å². The van der Waals surface area contributed by atoms with Gasteiger partial charge in [0.15, 0.2) is 0 Å². The third-order valence-electron chi connectivity index (χ3n) is 10.4. The summed E-state index contributed by atoms with van der Waals surface area (Å²) >= 11 is 0. The van der Waals surface area contributed by atoms with Gasteiger partial charge in [-0.2, -0.15) is 0 Å². The highest BCUT2D eigenvalue weighted by molar-refractivity contribution is 6.11. The number of benzene rings is 6. The lowest BCUT2D eigenvalue weighted by atomic mass is 9.78. The number of hydrogen-bond acceptors (Lipinski definition) is 0. The van der Waals surface area contributed by atoms with E-state index in [9.17, 15) is 0 Å². The predicted molar refractivity (Wildman–Crippen MR) is 181 cm³/mol. The maximum absolute atomic E-state index is 2.47. The quantitative estimate of drug-likeness (QED) is 0.181. The minimum atomic E-state index is -0.0918. The van der Waals surface area contributed by atoms with E-state index in [1.54, 1.807) is 0 Å². The lowest BCUT2D eigenvalue weighted by molar-refractivity contribution is 0.591. The number of fused-ring (bicyclic) bond motifs is 10. The second-order valence-electron chi connectivity index (χ2n) is 14.7. The van der Waals surface area contributed by atoms with Gasteiger partial charge in [0.2, 0.25) is 0 Å². The fourth-order valence-electron chi connectivity index (χ4n) is 8.01. The van der Waals surface area contributed by atoms with Gasteiger partial charge in [-0.25, -0.2) is 0 Å². The van der Waals surface area contributed by atoms with E-state index in [1.807, 2.05) is 0 Å². The Morgan fingerprint density at radius 2 is 1.02 bits per heavy atom. The molecule has 6 aromatic carbocycles. The molecule has 0 aliphatic heterocycles. The highest BCUT2D eigenvalue weighted by atomic mass is 14.4. The molecule has 0 saturated carbocycles. The monoisotopic (exact) mass is 542 g/mol. The predicted octanol–water partition coefficient (Wildman–Crippen LogP) is 11.6. The van der Waals surface area contributed by atoms with Crippen molar-refractivity contribution in [3.05, 3.63) is 131 Å². The summed E-state index contributed by atoms with van der Waals surface area (Å²) in [6.07, 6.45) is 0. The second kappa shape index (κ2) is 8.23. The molecule has 0 spiro atoms. The van der Waals surface area contributed by atoms with Gasteiger partial charge in [-0.15, -0.1) is 0 Å². The fraction of sp³-hybridized carbons (Fsp3) is 0.238. The lowest BCUT2D eigenvalue weighted by Gasteiger charge is -2.25. The first kappa shape index (κ1) is 25.5. The van der Waals surface area contributed by atoms with Crippen molar-refractivity contribution in [3.63, 3.8) is 0 Å². The molecule has 8 rings (SSSR count). The number of rotatable bonds is 1. The molecule has 0 aromatic heterocycles. The van der Waals surface area contributed by atoms with Gasteiger partial charge >= 0.3 is 0 Å². The summed E-state index contributed by atoms with van der Waals surface area (Å²) in [6, 6.07) is 39.6. The SMILES string of the molecule is CC(C)(C)c1ccc2c(ccc3c4c(ccc32)-c2ccc(-c3ccc5c(c3)C(C)(C)c3ccccc3-5)cc2C4(C)C)c1. The Morgan fingerprint density at radius 3 is 1.74 bits per heavy atom. The van der Waals surface area contributed by atoms with E-state index < -0.39 is 0 Å². The van der Waals surface area contributed by atoms with Crippen LogP contribution in [0.5, 0.6) is 0 Å². The molecule has 0 N–H and O–H groups in total. The maximum Gasteiger partial charge on any atom is 0.0165 e. The van der Waals surface area contributed by atoms with Gasteiger partial charge in [-0.05, 0) is 100 Å². The van der Waals surface area contributed by atoms with Crippen LogP contribution in [0.3, 0.4) is 0 Å². The molecule has 42 heavy (non-hydrogen) atoms. The molecule has 0 amide bonds. The summed E-state index contributed by atoms with van der Waals surface area (Å²) in [6.45, 7) is 16.4. The smallest absolute Gasteiger partial charge is 0.0165 e. The van der Waals surface area contributed by atoms with Gasteiger partial charge in [0.1, 0.15) is 0 Å². The zero-order valence-electron chi connectivity index (χ0n) is 25.8. The molecule has 0 unspecified atom stereocenters. The van der Waals surface area contributed by atoms with E-state index in [0.29, 0.717) is 0 Å². The summed E-state index contributed by atoms with van der Waals surface area (Å²) in [7, 11) is 0. The zero-order chi connectivity index (χ0) is 29.2. The van der Waals surface area contributed by atoms with Crippen LogP contribution in [0.1, 0.15) is 76.3 Å². The Hall–Kier alpha value is -4.16. The first-order valence-electron chi connectivity index (χ1n) is 15.4. The van der Waals surface area contributed by atoms with Gasteiger partial charge in [0, 0.05) is 10.8 Å². The molecule has 2 aliphatic rings. The van der Waals surface area contributed by atoms with Gasteiger partial charge in [-0.1, -0.05) is 139 Å². The molecule has 0 atom stereocenters. The molecule has 206 valence electrons. The highest BCUT2D eigenvalue weighted by Crippen LogP contribution is 2.54. The summed E-state index contributed by atoms with van der Waals surface area (Å²) in [5, 5.41) is 5.40. The van der Waals surface area contributed by atoms with Crippen molar-refractivity contribution < 1.29 is 0 Å². The molecular formula is C42H38. The third-order valence-corrected chi connectivity index (χ3v) is 10.4. The van der Waals surface area contributed by atoms with Crippen LogP contribution in [0, 0.1) is 0 Å². The molecule has 0 heterocycles. The van der Waals surface area contributed by atoms with Crippen molar-refractivity contribution in [1.29, 1.82) is 0 Å². The van der Waals surface area contributed by atoms with Crippen LogP contribution in [0.4, 0.5) is 0 Å². The fourth-order valence-corrected chi connectivity index (χ4v) is 8.01.